The maximum absolute atomic E-state index is 12.1. The highest BCUT2D eigenvalue weighted by atomic mass is 127. The largest absolute Gasteiger partial charge is 0.459 e. The van der Waals surface area contributed by atoms with Crippen LogP contribution in [0, 0.1) is 5.92 Å². The van der Waals surface area contributed by atoms with Crippen molar-refractivity contribution in [1.29, 1.82) is 0 Å². The molecule has 0 saturated carbocycles. The van der Waals surface area contributed by atoms with Gasteiger partial charge >= 0.3 is 0 Å². The van der Waals surface area contributed by atoms with Gasteiger partial charge in [-0.15, -0.1) is 24.0 Å². The number of likely N-dealkylation sites (tertiary alicyclic amines) is 1. The Labute approximate surface area is 202 Å². The standard InChI is InChI=1S/C23H33N5O2.HI/c1-18-9-13-28(14-10-18)12-5-11-25-23(24-2)26-17-19-6-3-7-20(16-19)27-22(29)21-8-4-15-30-21;/h3-4,6-8,15-16,18H,5,9-14,17H2,1-2H3,(H,27,29)(H2,24,25,26);1H. The van der Waals surface area contributed by atoms with Gasteiger partial charge in [-0.25, -0.2) is 0 Å². The number of rotatable bonds is 8. The topological polar surface area (TPSA) is 81.9 Å². The number of nitrogens with zero attached hydrogens (tertiary/aromatic N) is 2. The van der Waals surface area contributed by atoms with Crippen LogP contribution in [0.25, 0.3) is 0 Å². The molecule has 3 N–H and O–H groups in total. The molecule has 1 aliphatic heterocycles. The number of guanidine groups is 1. The SMILES string of the molecule is CN=C(NCCCN1CCC(C)CC1)NCc1cccc(NC(=O)c2ccco2)c1.I. The summed E-state index contributed by atoms with van der Waals surface area (Å²) >= 11 is 0. The summed E-state index contributed by atoms with van der Waals surface area (Å²) in [6, 6.07) is 11.1. The van der Waals surface area contributed by atoms with Crippen molar-refractivity contribution in [2.24, 2.45) is 10.9 Å². The molecule has 0 bridgehead atoms. The molecule has 1 aliphatic rings. The molecule has 1 aromatic carbocycles. The molecule has 31 heavy (non-hydrogen) atoms. The van der Waals surface area contributed by atoms with Crippen LogP contribution < -0.4 is 16.0 Å². The van der Waals surface area contributed by atoms with E-state index in [0.29, 0.717) is 12.3 Å². The smallest absolute Gasteiger partial charge is 0.291 e. The molecule has 1 aromatic heterocycles. The van der Waals surface area contributed by atoms with Gasteiger partial charge in [-0.05, 0) is 74.6 Å². The van der Waals surface area contributed by atoms with Crippen molar-refractivity contribution in [3.05, 3.63) is 54.0 Å². The molecule has 170 valence electrons. The highest BCUT2D eigenvalue weighted by Crippen LogP contribution is 2.16. The number of halogens is 1. The van der Waals surface area contributed by atoms with Crippen LogP contribution in [0.2, 0.25) is 0 Å². The van der Waals surface area contributed by atoms with Crippen LogP contribution in [-0.4, -0.2) is 50.0 Å². The van der Waals surface area contributed by atoms with Crippen LogP contribution in [0.3, 0.4) is 0 Å². The molecular weight excluding hydrogens is 505 g/mol. The molecule has 1 fully saturated rings. The first kappa shape index (κ1) is 25.2. The van der Waals surface area contributed by atoms with Crippen molar-refractivity contribution in [3.63, 3.8) is 0 Å². The van der Waals surface area contributed by atoms with E-state index in [1.165, 1.54) is 32.2 Å². The van der Waals surface area contributed by atoms with Gasteiger partial charge in [-0.2, -0.15) is 0 Å². The van der Waals surface area contributed by atoms with E-state index in [9.17, 15) is 4.79 Å². The van der Waals surface area contributed by atoms with Gasteiger partial charge in [0.25, 0.3) is 5.91 Å². The van der Waals surface area contributed by atoms with Crippen LogP contribution in [0.4, 0.5) is 5.69 Å². The number of piperidine rings is 1. The van der Waals surface area contributed by atoms with Gasteiger partial charge < -0.3 is 25.3 Å². The van der Waals surface area contributed by atoms with E-state index < -0.39 is 0 Å². The van der Waals surface area contributed by atoms with E-state index in [1.807, 2.05) is 24.3 Å². The lowest BCUT2D eigenvalue weighted by Gasteiger charge is -2.30. The second-order valence-electron chi connectivity index (χ2n) is 7.86. The fourth-order valence-electron chi connectivity index (χ4n) is 3.56. The second-order valence-corrected chi connectivity index (χ2v) is 7.86. The fourth-order valence-corrected chi connectivity index (χ4v) is 3.56. The van der Waals surface area contributed by atoms with E-state index in [1.54, 1.807) is 19.2 Å². The quantitative estimate of drug-likeness (QED) is 0.205. The third kappa shape index (κ3) is 8.53. The Morgan fingerprint density at radius 2 is 2.00 bits per heavy atom. The third-order valence-corrected chi connectivity index (χ3v) is 5.43. The zero-order chi connectivity index (χ0) is 21.2. The van der Waals surface area contributed by atoms with E-state index in [4.69, 9.17) is 4.42 Å². The highest BCUT2D eigenvalue weighted by Gasteiger charge is 2.14. The molecule has 2 aromatic rings. The number of furan rings is 1. The Morgan fingerprint density at radius 3 is 2.71 bits per heavy atom. The molecule has 8 heteroatoms. The summed E-state index contributed by atoms with van der Waals surface area (Å²) in [5.41, 5.74) is 1.78. The maximum Gasteiger partial charge on any atom is 0.291 e. The number of hydrogen-bond acceptors (Lipinski definition) is 4. The Balaban J connectivity index is 0.00000341. The van der Waals surface area contributed by atoms with Gasteiger partial charge in [-0.3, -0.25) is 9.79 Å². The fraction of sp³-hybridized carbons (Fsp3) is 0.478. The molecule has 0 atom stereocenters. The van der Waals surface area contributed by atoms with Gasteiger partial charge in [0.2, 0.25) is 0 Å². The number of carbonyl (C=O) groups is 1. The van der Waals surface area contributed by atoms with Crippen LogP contribution in [0.15, 0.2) is 52.1 Å². The molecule has 2 heterocycles. The van der Waals surface area contributed by atoms with Crippen molar-refractivity contribution in [1.82, 2.24) is 15.5 Å². The zero-order valence-electron chi connectivity index (χ0n) is 18.4. The molecular formula is C23H34IN5O2. The molecule has 0 unspecified atom stereocenters. The number of carbonyl (C=O) groups excluding carboxylic acids is 1. The van der Waals surface area contributed by atoms with Crippen LogP contribution >= 0.6 is 24.0 Å². The second kappa shape index (κ2) is 13.4. The lowest BCUT2D eigenvalue weighted by molar-refractivity contribution is 0.0996. The molecule has 3 rings (SSSR count). The Morgan fingerprint density at radius 1 is 1.19 bits per heavy atom. The minimum Gasteiger partial charge on any atom is -0.459 e. The van der Waals surface area contributed by atoms with Crippen molar-refractivity contribution in [2.45, 2.75) is 32.7 Å². The summed E-state index contributed by atoms with van der Waals surface area (Å²) < 4.78 is 5.13. The van der Waals surface area contributed by atoms with Gasteiger partial charge in [0.1, 0.15) is 0 Å². The van der Waals surface area contributed by atoms with Gasteiger partial charge in [-0.1, -0.05) is 19.1 Å². The molecule has 0 spiro atoms. The van der Waals surface area contributed by atoms with Gasteiger partial charge in [0.15, 0.2) is 11.7 Å². The van der Waals surface area contributed by atoms with Gasteiger partial charge in [0.05, 0.1) is 6.26 Å². The number of benzene rings is 1. The van der Waals surface area contributed by atoms with E-state index in [2.05, 4.69) is 32.8 Å². The monoisotopic (exact) mass is 539 g/mol. The summed E-state index contributed by atoms with van der Waals surface area (Å²) in [4.78, 5) is 19.0. The predicted octanol–water partition coefficient (Wildman–Crippen LogP) is 3.94. The van der Waals surface area contributed by atoms with Crippen molar-refractivity contribution >= 4 is 41.5 Å². The summed E-state index contributed by atoms with van der Waals surface area (Å²) in [5, 5.41) is 9.57. The van der Waals surface area contributed by atoms with Crippen molar-refractivity contribution in [2.75, 3.05) is 38.5 Å². The predicted molar refractivity (Wildman–Crippen MR) is 136 cm³/mol. The Bertz CT molecular complexity index is 817. The molecule has 0 aliphatic carbocycles. The molecule has 0 radical (unpaired) electrons. The first-order chi connectivity index (χ1) is 14.6. The number of nitrogens with one attached hydrogen (secondary N) is 3. The highest BCUT2D eigenvalue weighted by molar-refractivity contribution is 14.0. The Hall–Kier alpha value is -2.07. The lowest BCUT2D eigenvalue weighted by Crippen LogP contribution is -2.39. The van der Waals surface area contributed by atoms with Crippen LogP contribution in [0.5, 0.6) is 0 Å². The average molecular weight is 539 g/mol. The maximum atomic E-state index is 12.1. The summed E-state index contributed by atoms with van der Waals surface area (Å²) in [7, 11) is 1.78. The van der Waals surface area contributed by atoms with Crippen molar-refractivity contribution < 1.29 is 9.21 Å². The van der Waals surface area contributed by atoms with Crippen molar-refractivity contribution in [3.8, 4) is 0 Å². The normalized spacial score (nSPS) is 15.2. The minimum absolute atomic E-state index is 0. The number of anilines is 1. The zero-order valence-corrected chi connectivity index (χ0v) is 20.7. The molecule has 1 amide bonds. The number of hydrogen-bond donors (Lipinski definition) is 3. The first-order valence-corrected chi connectivity index (χ1v) is 10.7. The molecule has 7 nitrogen and oxygen atoms in total. The Kier molecular flexibility index (Phi) is 10.9. The minimum atomic E-state index is -0.259. The van der Waals surface area contributed by atoms with Crippen LogP contribution in [-0.2, 0) is 6.54 Å². The van der Waals surface area contributed by atoms with Gasteiger partial charge in [0, 0.05) is 25.8 Å². The van der Waals surface area contributed by atoms with E-state index in [0.717, 1.165) is 42.6 Å². The first-order valence-electron chi connectivity index (χ1n) is 10.7. The average Bonchev–Trinajstić information content (AvgIpc) is 3.30. The summed E-state index contributed by atoms with van der Waals surface area (Å²) in [6.07, 6.45) is 5.22. The summed E-state index contributed by atoms with van der Waals surface area (Å²) in [6.45, 7) is 7.44. The van der Waals surface area contributed by atoms with E-state index in [-0.39, 0.29) is 29.9 Å². The third-order valence-electron chi connectivity index (χ3n) is 5.43. The van der Waals surface area contributed by atoms with Crippen LogP contribution in [0.1, 0.15) is 42.3 Å². The number of amides is 1. The molecule has 1 saturated heterocycles. The lowest BCUT2D eigenvalue weighted by atomic mass is 9.99. The number of aliphatic imine (C=N–C) groups is 1. The van der Waals surface area contributed by atoms with E-state index >= 15 is 0 Å². The summed E-state index contributed by atoms with van der Waals surface area (Å²) in [5.74, 6) is 1.69.